The van der Waals surface area contributed by atoms with Crippen LogP contribution in [0.3, 0.4) is 0 Å². The zero-order chi connectivity index (χ0) is 19.5. The SMILES string of the molecule is Cc1ccc(CN2CCC[C@H]2c2csc(NC(=O)c3cccc(Cl)c3)n2)cn1. The number of anilines is 1. The molecule has 0 bridgehead atoms. The lowest BCUT2D eigenvalue weighted by Crippen LogP contribution is -2.23. The van der Waals surface area contributed by atoms with Gasteiger partial charge in [0.25, 0.3) is 5.91 Å². The number of pyridine rings is 1. The van der Waals surface area contributed by atoms with E-state index in [0.29, 0.717) is 15.7 Å². The number of likely N-dealkylation sites (tertiary alicyclic amines) is 1. The number of rotatable bonds is 5. The second-order valence-electron chi connectivity index (χ2n) is 6.98. The first-order valence-corrected chi connectivity index (χ1v) is 10.5. The van der Waals surface area contributed by atoms with Gasteiger partial charge in [-0.2, -0.15) is 0 Å². The van der Waals surface area contributed by atoms with Crippen molar-refractivity contribution < 1.29 is 4.79 Å². The Bertz CT molecular complexity index is 973. The lowest BCUT2D eigenvalue weighted by molar-refractivity contribution is 0.102. The molecule has 28 heavy (non-hydrogen) atoms. The molecule has 5 nitrogen and oxygen atoms in total. The zero-order valence-electron chi connectivity index (χ0n) is 15.6. The quantitative estimate of drug-likeness (QED) is 0.634. The van der Waals surface area contributed by atoms with Crippen LogP contribution in [0.4, 0.5) is 5.13 Å². The van der Waals surface area contributed by atoms with E-state index < -0.39 is 0 Å². The summed E-state index contributed by atoms with van der Waals surface area (Å²) in [4.78, 5) is 23.9. The van der Waals surface area contributed by atoms with Crippen molar-refractivity contribution in [2.24, 2.45) is 0 Å². The fourth-order valence-electron chi connectivity index (χ4n) is 3.47. The number of amides is 1. The normalized spacial score (nSPS) is 17.0. The Kier molecular flexibility index (Phi) is 5.71. The molecule has 1 saturated heterocycles. The van der Waals surface area contributed by atoms with Crippen molar-refractivity contribution in [3.8, 4) is 0 Å². The highest BCUT2D eigenvalue weighted by Crippen LogP contribution is 2.34. The number of hydrogen-bond acceptors (Lipinski definition) is 5. The number of thiazole rings is 1. The van der Waals surface area contributed by atoms with Gasteiger partial charge in [-0.25, -0.2) is 4.98 Å². The maximum Gasteiger partial charge on any atom is 0.257 e. The number of halogens is 1. The average Bonchev–Trinajstić information content (AvgIpc) is 3.33. The molecule has 1 aromatic carbocycles. The summed E-state index contributed by atoms with van der Waals surface area (Å²) in [5.41, 5.74) is 3.78. The molecule has 0 aliphatic carbocycles. The lowest BCUT2D eigenvalue weighted by atomic mass is 10.1. The van der Waals surface area contributed by atoms with E-state index in [0.717, 1.165) is 37.3 Å². The minimum atomic E-state index is -0.197. The summed E-state index contributed by atoms with van der Waals surface area (Å²) >= 11 is 7.43. The maximum absolute atomic E-state index is 12.4. The van der Waals surface area contributed by atoms with Crippen LogP contribution in [0.1, 0.15) is 46.2 Å². The fraction of sp³-hybridized carbons (Fsp3) is 0.286. The van der Waals surface area contributed by atoms with Crippen LogP contribution in [0.2, 0.25) is 5.02 Å². The van der Waals surface area contributed by atoms with Crippen LogP contribution >= 0.6 is 22.9 Å². The summed E-state index contributed by atoms with van der Waals surface area (Å²) in [6.07, 6.45) is 4.17. The van der Waals surface area contributed by atoms with Crippen molar-refractivity contribution in [2.75, 3.05) is 11.9 Å². The predicted octanol–water partition coefficient (Wildman–Crippen LogP) is 5.09. The van der Waals surface area contributed by atoms with Crippen LogP contribution in [-0.2, 0) is 6.54 Å². The number of nitrogens with one attached hydrogen (secondary N) is 1. The Labute approximate surface area is 173 Å². The Morgan fingerprint density at radius 3 is 3.04 bits per heavy atom. The van der Waals surface area contributed by atoms with Crippen molar-refractivity contribution in [3.63, 3.8) is 0 Å². The van der Waals surface area contributed by atoms with E-state index in [1.165, 1.54) is 16.9 Å². The summed E-state index contributed by atoms with van der Waals surface area (Å²) < 4.78 is 0. The number of nitrogens with zero attached hydrogens (tertiary/aromatic N) is 3. The molecular formula is C21H21ClN4OS. The van der Waals surface area contributed by atoms with Crippen molar-refractivity contribution >= 4 is 34.0 Å². The minimum Gasteiger partial charge on any atom is -0.298 e. The van der Waals surface area contributed by atoms with E-state index in [4.69, 9.17) is 11.6 Å². The maximum atomic E-state index is 12.4. The van der Waals surface area contributed by atoms with E-state index in [-0.39, 0.29) is 11.9 Å². The van der Waals surface area contributed by atoms with Gasteiger partial charge in [0.2, 0.25) is 0 Å². The van der Waals surface area contributed by atoms with Gasteiger partial charge in [0, 0.05) is 34.4 Å². The number of carbonyl (C=O) groups excluding carboxylic acids is 1. The molecule has 3 heterocycles. The summed E-state index contributed by atoms with van der Waals surface area (Å²) in [5.74, 6) is -0.197. The number of benzene rings is 1. The van der Waals surface area contributed by atoms with Crippen LogP contribution in [-0.4, -0.2) is 27.3 Å². The number of aromatic nitrogens is 2. The van der Waals surface area contributed by atoms with Crippen LogP contribution in [0.5, 0.6) is 0 Å². The molecule has 144 valence electrons. The molecule has 1 aliphatic rings. The average molecular weight is 413 g/mol. The van der Waals surface area contributed by atoms with Crippen LogP contribution in [0.25, 0.3) is 0 Å². The monoisotopic (exact) mass is 412 g/mol. The highest BCUT2D eigenvalue weighted by Gasteiger charge is 2.28. The van der Waals surface area contributed by atoms with Gasteiger partial charge < -0.3 is 0 Å². The topological polar surface area (TPSA) is 58.1 Å². The van der Waals surface area contributed by atoms with Crippen molar-refractivity contribution in [3.05, 3.63) is 75.5 Å². The van der Waals surface area contributed by atoms with Gasteiger partial charge in [0.15, 0.2) is 5.13 Å². The summed E-state index contributed by atoms with van der Waals surface area (Å²) in [6, 6.07) is 11.4. The second-order valence-corrected chi connectivity index (χ2v) is 8.27. The smallest absolute Gasteiger partial charge is 0.257 e. The first-order chi connectivity index (χ1) is 13.6. The highest BCUT2D eigenvalue weighted by molar-refractivity contribution is 7.14. The summed E-state index contributed by atoms with van der Waals surface area (Å²) in [5, 5.41) is 6.08. The third kappa shape index (κ3) is 4.41. The highest BCUT2D eigenvalue weighted by atomic mass is 35.5. The van der Waals surface area contributed by atoms with E-state index in [9.17, 15) is 4.79 Å². The fourth-order valence-corrected chi connectivity index (χ4v) is 4.41. The Hall–Kier alpha value is -2.28. The molecule has 2 aromatic heterocycles. The van der Waals surface area contributed by atoms with E-state index >= 15 is 0 Å². The molecule has 1 atom stereocenters. The van der Waals surface area contributed by atoms with Gasteiger partial charge in [-0.05, 0) is 56.1 Å². The van der Waals surface area contributed by atoms with Gasteiger partial charge >= 0.3 is 0 Å². The van der Waals surface area contributed by atoms with Gasteiger partial charge in [-0.3, -0.25) is 20.0 Å². The number of carbonyl (C=O) groups is 1. The molecular weight excluding hydrogens is 392 g/mol. The molecule has 0 saturated carbocycles. The molecule has 0 radical (unpaired) electrons. The van der Waals surface area contributed by atoms with Crippen LogP contribution in [0.15, 0.2) is 48.0 Å². The van der Waals surface area contributed by atoms with E-state index in [1.54, 1.807) is 24.3 Å². The third-order valence-corrected chi connectivity index (χ3v) is 5.90. The first kappa shape index (κ1) is 19.1. The van der Waals surface area contributed by atoms with E-state index in [1.807, 2.05) is 24.6 Å². The molecule has 1 fully saturated rings. The Morgan fingerprint density at radius 1 is 1.36 bits per heavy atom. The van der Waals surface area contributed by atoms with Gasteiger partial charge in [0.05, 0.1) is 11.7 Å². The molecule has 4 rings (SSSR count). The standard InChI is InChI=1S/C21H21ClN4OS/c1-14-7-8-15(11-23-14)12-26-9-3-6-19(26)18-13-28-21(24-18)25-20(27)16-4-2-5-17(22)10-16/h2,4-5,7-8,10-11,13,19H,3,6,9,12H2,1H3,(H,24,25,27)/t19-/m0/s1. The summed E-state index contributed by atoms with van der Waals surface area (Å²) in [6.45, 7) is 3.90. The van der Waals surface area contributed by atoms with E-state index in [2.05, 4.69) is 26.3 Å². The third-order valence-electron chi connectivity index (χ3n) is 4.89. The molecule has 3 aromatic rings. The molecule has 0 spiro atoms. The Morgan fingerprint density at radius 2 is 2.25 bits per heavy atom. The molecule has 0 unspecified atom stereocenters. The van der Waals surface area contributed by atoms with Gasteiger partial charge in [0.1, 0.15) is 0 Å². The van der Waals surface area contributed by atoms with Crippen LogP contribution < -0.4 is 5.32 Å². The molecule has 1 amide bonds. The van der Waals surface area contributed by atoms with Gasteiger partial charge in [-0.15, -0.1) is 11.3 Å². The first-order valence-electron chi connectivity index (χ1n) is 9.26. The molecule has 1 aliphatic heterocycles. The molecule has 7 heteroatoms. The largest absolute Gasteiger partial charge is 0.298 e. The summed E-state index contributed by atoms with van der Waals surface area (Å²) in [7, 11) is 0. The van der Waals surface area contributed by atoms with Gasteiger partial charge in [-0.1, -0.05) is 23.7 Å². The minimum absolute atomic E-state index is 0.197. The lowest BCUT2D eigenvalue weighted by Gasteiger charge is -2.23. The second kappa shape index (κ2) is 8.39. The predicted molar refractivity (Wildman–Crippen MR) is 113 cm³/mol. The van der Waals surface area contributed by atoms with Crippen LogP contribution in [0, 0.1) is 6.92 Å². The Balaban J connectivity index is 1.44. The van der Waals surface area contributed by atoms with Crippen molar-refractivity contribution in [2.45, 2.75) is 32.4 Å². The molecule has 1 N–H and O–H groups in total. The van der Waals surface area contributed by atoms with Crippen molar-refractivity contribution in [1.82, 2.24) is 14.9 Å². The zero-order valence-corrected chi connectivity index (χ0v) is 17.1. The number of hydrogen-bond donors (Lipinski definition) is 1. The number of aryl methyl sites for hydroxylation is 1. The van der Waals surface area contributed by atoms with Crippen molar-refractivity contribution in [1.29, 1.82) is 0 Å².